The molecule has 0 saturated heterocycles. The van der Waals surface area contributed by atoms with Crippen molar-refractivity contribution in [1.29, 1.82) is 0 Å². The molecule has 37 heavy (non-hydrogen) atoms. The molecule has 0 bridgehead atoms. The number of rotatable bonds is 6. The zero-order valence-corrected chi connectivity index (χ0v) is 20.4. The van der Waals surface area contributed by atoms with E-state index < -0.39 is 0 Å². The topological polar surface area (TPSA) is 58.6 Å². The van der Waals surface area contributed by atoms with Gasteiger partial charge in [-0.05, 0) is 53.6 Å². The number of carbonyl (C=O) groups is 2. The number of hydrogen-bond donors (Lipinski definition) is 1. The van der Waals surface area contributed by atoms with Crippen LogP contribution in [-0.4, -0.2) is 11.8 Å². The first kappa shape index (κ1) is 24.3. The van der Waals surface area contributed by atoms with Crippen molar-refractivity contribution in [3.8, 4) is 5.75 Å². The van der Waals surface area contributed by atoms with Gasteiger partial charge in [-0.1, -0.05) is 72.3 Å². The van der Waals surface area contributed by atoms with Gasteiger partial charge in [0.2, 0.25) is 0 Å². The molecule has 0 fully saturated rings. The molecule has 0 unspecified atom stereocenters. The lowest BCUT2D eigenvalue weighted by molar-refractivity contribution is -0.117. The van der Waals surface area contributed by atoms with Gasteiger partial charge in [-0.15, -0.1) is 0 Å². The van der Waals surface area contributed by atoms with E-state index in [4.69, 9.17) is 16.3 Å². The summed E-state index contributed by atoms with van der Waals surface area (Å²) in [5.41, 5.74) is 2.94. The average Bonchev–Trinajstić information content (AvgIpc) is 2.92. The Bertz CT molecular complexity index is 1500. The molecule has 184 valence electrons. The number of hydrogen-bond acceptors (Lipinski definition) is 3. The molecule has 0 aromatic heterocycles. The van der Waals surface area contributed by atoms with Gasteiger partial charge in [0.25, 0.3) is 11.8 Å². The number of nitrogens with one attached hydrogen (secondary N) is 1. The molecule has 1 aliphatic rings. The van der Waals surface area contributed by atoms with E-state index >= 15 is 0 Å². The van der Waals surface area contributed by atoms with Gasteiger partial charge in [-0.25, -0.2) is 4.39 Å². The SMILES string of the molecule is O=C(NCc1ccccc1Cl)c1ccc(C=C2Oc3ccccc3N(Cc3ccccc3F)C2=O)cc1. The summed E-state index contributed by atoms with van der Waals surface area (Å²) in [5.74, 6) is -0.406. The van der Waals surface area contributed by atoms with Crippen LogP contribution in [0.2, 0.25) is 5.02 Å². The molecule has 0 aliphatic carbocycles. The van der Waals surface area contributed by atoms with E-state index in [-0.39, 0.29) is 29.9 Å². The maximum absolute atomic E-state index is 14.3. The number of para-hydroxylation sites is 2. The Morgan fingerprint density at radius 3 is 2.32 bits per heavy atom. The third-order valence-corrected chi connectivity index (χ3v) is 6.35. The third-order valence-electron chi connectivity index (χ3n) is 5.99. The number of halogens is 2. The van der Waals surface area contributed by atoms with E-state index in [9.17, 15) is 14.0 Å². The van der Waals surface area contributed by atoms with Crippen molar-refractivity contribution in [2.45, 2.75) is 13.1 Å². The Morgan fingerprint density at radius 1 is 0.892 bits per heavy atom. The van der Waals surface area contributed by atoms with Crippen molar-refractivity contribution in [1.82, 2.24) is 5.32 Å². The summed E-state index contributed by atoms with van der Waals surface area (Å²) in [6.07, 6.45) is 1.61. The first-order valence-corrected chi connectivity index (χ1v) is 12.0. The highest BCUT2D eigenvalue weighted by Crippen LogP contribution is 2.36. The highest BCUT2D eigenvalue weighted by atomic mass is 35.5. The van der Waals surface area contributed by atoms with Crippen LogP contribution in [0.1, 0.15) is 27.0 Å². The minimum Gasteiger partial charge on any atom is -0.449 e. The number of carbonyl (C=O) groups excluding carboxylic acids is 2. The van der Waals surface area contributed by atoms with Crippen LogP contribution in [0.5, 0.6) is 5.75 Å². The largest absolute Gasteiger partial charge is 0.449 e. The van der Waals surface area contributed by atoms with Crippen LogP contribution in [-0.2, 0) is 17.9 Å². The van der Waals surface area contributed by atoms with Gasteiger partial charge in [-0.3, -0.25) is 14.5 Å². The molecule has 5 nitrogen and oxygen atoms in total. The summed E-state index contributed by atoms with van der Waals surface area (Å²) in [4.78, 5) is 27.4. The van der Waals surface area contributed by atoms with Crippen molar-refractivity contribution in [3.05, 3.63) is 136 Å². The van der Waals surface area contributed by atoms with Gasteiger partial charge in [-0.2, -0.15) is 0 Å². The summed E-state index contributed by atoms with van der Waals surface area (Å²) in [5, 5.41) is 3.44. The van der Waals surface area contributed by atoms with Crippen molar-refractivity contribution >= 4 is 35.2 Å². The zero-order chi connectivity index (χ0) is 25.8. The molecule has 1 N–H and O–H groups in total. The lowest BCUT2D eigenvalue weighted by Crippen LogP contribution is -2.37. The molecule has 0 radical (unpaired) electrons. The Kier molecular flexibility index (Phi) is 7.01. The summed E-state index contributed by atoms with van der Waals surface area (Å²) < 4.78 is 20.2. The first-order chi connectivity index (χ1) is 18.0. The number of ether oxygens (including phenoxy) is 1. The van der Waals surface area contributed by atoms with Crippen LogP contribution in [0.4, 0.5) is 10.1 Å². The number of anilines is 1. The van der Waals surface area contributed by atoms with Gasteiger partial charge in [0.1, 0.15) is 5.82 Å². The maximum Gasteiger partial charge on any atom is 0.294 e. The second-order valence-corrected chi connectivity index (χ2v) is 8.86. The van der Waals surface area contributed by atoms with Gasteiger partial charge in [0.05, 0.1) is 12.2 Å². The Labute approximate surface area is 218 Å². The molecular weight excluding hydrogens is 491 g/mol. The van der Waals surface area contributed by atoms with Gasteiger partial charge in [0, 0.05) is 22.7 Å². The minimum atomic E-state index is -0.386. The average molecular weight is 513 g/mol. The quantitative estimate of drug-likeness (QED) is 0.305. The van der Waals surface area contributed by atoms with Gasteiger partial charge < -0.3 is 10.1 Å². The van der Waals surface area contributed by atoms with E-state index in [0.717, 1.165) is 5.56 Å². The van der Waals surface area contributed by atoms with E-state index in [1.807, 2.05) is 24.3 Å². The van der Waals surface area contributed by atoms with Crippen molar-refractivity contribution < 1.29 is 18.7 Å². The number of nitrogens with zero attached hydrogens (tertiary/aromatic N) is 1. The number of benzene rings is 4. The molecular formula is C30H22ClFN2O3. The van der Waals surface area contributed by atoms with Crippen LogP contribution in [0, 0.1) is 5.82 Å². The number of amides is 2. The normalized spacial score (nSPS) is 13.7. The fourth-order valence-corrected chi connectivity index (χ4v) is 4.22. The molecule has 2 amide bonds. The van der Waals surface area contributed by atoms with Gasteiger partial charge in [0.15, 0.2) is 11.5 Å². The summed E-state index contributed by atoms with van der Waals surface area (Å²) in [7, 11) is 0. The van der Waals surface area contributed by atoms with Crippen molar-refractivity contribution in [2.75, 3.05) is 4.90 Å². The molecule has 0 saturated carbocycles. The fourth-order valence-electron chi connectivity index (χ4n) is 4.02. The van der Waals surface area contributed by atoms with E-state index in [0.29, 0.717) is 39.7 Å². The molecule has 0 spiro atoms. The molecule has 1 heterocycles. The lowest BCUT2D eigenvalue weighted by Gasteiger charge is -2.30. The molecule has 4 aromatic carbocycles. The van der Waals surface area contributed by atoms with Crippen LogP contribution >= 0.6 is 11.6 Å². The van der Waals surface area contributed by atoms with E-state index in [1.165, 1.54) is 11.0 Å². The smallest absolute Gasteiger partial charge is 0.294 e. The lowest BCUT2D eigenvalue weighted by atomic mass is 10.1. The second kappa shape index (κ2) is 10.7. The van der Waals surface area contributed by atoms with E-state index in [1.54, 1.807) is 72.8 Å². The first-order valence-electron chi connectivity index (χ1n) is 11.6. The summed E-state index contributed by atoms with van der Waals surface area (Å²) in [6, 6.07) is 27.6. The zero-order valence-electron chi connectivity index (χ0n) is 19.7. The second-order valence-electron chi connectivity index (χ2n) is 8.46. The van der Waals surface area contributed by atoms with Crippen LogP contribution in [0.3, 0.4) is 0 Å². The van der Waals surface area contributed by atoms with Crippen LogP contribution in [0.25, 0.3) is 6.08 Å². The molecule has 0 atom stereocenters. The standard InChI is InChI=1S/C30H22ClFN2O3/c31-24-9-3-1-7-22(24)18-33-29(35)21-15-13-20(14-16-21)17-28-30(36)34(19-23-8-2-4-10-25(23)32)26-11-5-6-12-27(26)37-28/h1-17H,18-19H2,(H,33,35). The number of fused-ring (bicyclic) bond motifs is 1. The minimum absolute atomic E-state index is 0.0633. The molecule has 7 heteroatoms. The van der Waals surface area contributed by atoms with E-state index in [2.05, 4.69) is 5.32 Å². The highest BCUT2D eigenvalue weighted by molar-refractivity contribution is 6.31. The molecule has 4 aromatic rings. The monoisotopic (exact) mass is 512 g/mol. The Hall–Kier alpha value is -4.42. The fraction of sp³-hybridized carbons (Fsp3) is 0.0667. The van der Waals surface area contributed by atoms with Crippen molar-refractivity contribution in [2.24, 2.45) is 0 Å². The van der Waals surface area contributed by atoms with Crippen molar-refractivity contribution in [3.63, 3.8) is 0 Å². The Morgan fingerprint density at radius 2 is 1.57 bits per heavy atom. The highest BCUT2D eigenvalue weighted by Gasteiger charge is 2.30. The predicted molar refractivity (Wildman–Crippen MR) is 142 cm³/mol. The summed E-state index contributed by atoms with van der Waals surface area (Å²) >= 11 is 6.15. The van der Waals surface area contributed by atoms with Crippen LogP contribution < -0.4 is 15.0 Å². The predicted octanol–water partition coefficient (Wildman–Crippen LogP) is 6.38. The van der Waals surface area contributed by atoms with Crippen LogP contribution in [0.15, 0.2) is 103 Å². The maximum atomic E-state index is 14.3. The molecule has 1 aliphatic heterocycles. The summed E-state index contributed by atoms with van der Waals surface area (Å²) in [6.45, 7) is 0.373. The van der Waals surface area contributed by atoms with Gasteiger partial charge >= 0.3 is 0 Å². The Balaban J connectivity index is 1.34. The molecule has 5 rings (SSSR count). The third kappa shape index (κ3) is 5.39.